The lowest BCUT2D eigenvalue weighted by atomic mass is 9.62. The fraction of sp³-hybridized carbons (Fsp3) is 1.00. The van der Waals surface area contributed by atoms with Gasteiger partial charge in [-0.25, -0.2) is 0 Å². The van der Waals surface area contributed by atoms with E-state index in [4.69, 9.17) is 0 Å². The smallest absolute Gasteiger partial charge is 0.0381 e. The van der Waals surface area contributed by atoms with Crippen LogP contribution >= 0.6 is 0 Å². The van der Waals surface area contributed by atoms with E-state index in [-0.39, 0.29) is 0 Å². The molecule has 0 aromatic carbocycles. The Morgan fingerprint density at radius 3 is 2.12 bits per heavy atom. The largest absolute Gasteiger partial charge is 0.0651 e. The second-order valence-corrected chi connectivity index (χ2v) is 6.45. The van der Waals surface area contributed by atoms with Gasteiger partial charge in [0.1, 0.15) is 0 Å². The Labute approximate surface area is 103 Å². The topological polar surface area (TPSA) is 0 Å². The van der Waals surface area contributed by atoms with Crippen LogP contribution in [0.5, 0.6) is 0 Å². The summed E-state index contributed by atoms with van der Waals surface area (Å²) in [6.45, 7) is 12.0. The minimum atomic E-state index is 0.935. The molecular formula is C16H32. The molecule has 0 heterocycles. The van der Waals surface area contributed by atoms with Gasteiger partial charge in [-0.3, -0.25) is 0 Å². The zero-order chi connectivity index (χ0) is 12.1. The van der Waals surface area contributed by atoms with E-state index < -0.39 is 0 Å². The SMILES string of the molecule is CCC(C)CCC(C)CC1CC(CC)C1C. The van der Waals surface area contributed by atoms with Gasteiger partial charge in [-0.15, -0.1) is 0 Å². The summed E-state index contributed by atoms with van der Waals surface area (Å²) < 4.78 is 0. The number of hydrogen-bond acceptors (Lipinski definition) is 0. The third kappa shape index (κ3) is 3.79. The van der Waals surface area contributed by atoms with Crippen molar-refractivity contribution in [2.45, 2.75) is 73.1 Å². The van der Waals surface area contributed by atoms with Gasteiger partial charge in [-0.1, -0.05) is 60.3 Å². The van der Waals surface area contributed by atoms with E-state index >= 15 is 0 Å². The highest BCUT2D eigenvalue weighted by atomic mass is 14.4. The van der Waals surface area contributed by atoms with Gasteiger partial charge in [0, 0.05) is 0 Å². The van der Waals surface area contributed by atoms with E-state index in [1.807, 2.05) is 0 Å². The molecule has 1 aliphatic rings. The molecule has 1 saturated carbocycles. The number of rotatable bonds is 7. The molecule has 0 bridgehead atoms. The Morgan fingerprint density at radius 1 is 1.00 bits per heavy atom. The van der Waals surface area contributed by atoms with Crippen molar-refractivity contribution in [3.8, 4) is 0 Å². The third-order valence-corrected chi connectivity index (χ3v) is 5.17. The first-order valence-electron chi connectivity index (χ1n) is 7.58. The molecule has 16 heavy (non-hydrogen) atoms. The minimum Gasteiger partial charge on any atom is -0.0651 e. The Balaban J connectivity index is 2.13. The van der Waals surface area contributed by atoms with Gasteiger partial charge in [-0.2, -0.15) is 0 Å². The Bertz CT molecular complexity index is 184. The van der Waals surface area contributed by atoms with Crippen LogP contribution in [-0.2, 0) is 0 Å². The van der Waals surface area contributed by atoms with Crippen LogP contribution in [0.4, 0.5) is 0 Å². The van der Waals surface area contributed by atoms with Crippen LogP contribution in [0.2, 0.25) is 0 Å². The Morgan fingerprint density at radius 2 is 1.62 bits per heavy atom. The van der Waals surface area contributed by atoms with Crippen LogP contribution < -0.4 is 0 Å². The summed E-state index contributed by atoms with van der Waals surface area (Å²) in [5, 5.41) is 0. The zero-order valence-corrected chi connectivity index (χ0v) is 12.1. The highest BCUT2D eigenvalue weighted by Gasteiger charge is 2.36. The normalized spacial score (nSPS) is 33.2. The van der Waals surface area contributed by atoms with Gasteiger partial charge >= 0.3 is 0 Å². The van der Waals surface area contributed by atoms with Gasteiger partial charge in [0.25, 0.3) is 0 Å². The molecule has 0 N–H and O–H groups in total. The van der Waals surface area contributed by atoms with E-state index in [0.29, 0.717) is 0 Å². The molecule has 5 atom stereocenters. The predicted octanol–water partition coefficient (Wildman–Crippen LogP) is 5.52. The molecule has 5 unspecified atom stereocenters. The first kappa shape index (κ1) is 14.1. The molecule has 0 aliphatic heterocycles. The van der Waals surface area contributed by atoms with Gasteiger partial charge in [0.05, 0.1) is 0 Å². The van der Waals surface area contributed by atoms with Crippen LogP contribution in [0, 0.1) is 29.6 Å². The zero-order valence-electron chi connectivity index (χ0n) is 12.1. The van der Waals surface area contributed by atoms with E-state index in [2.05, 4.69) is 34.6 Å². The molecule has 0 spiro atoms. The summed E-state index contributed by atoms with van der Waals surface area (Å²) in [4.78, 5) is 0. The van der Waals surface area contributed by atoms with Crippen molar-refractivity contribution in [1.82, 2.24) is 0 Å². The van der Waals surface area contributed by atoms with Crippen molar-refractivity contribution in [3.63, 3.8) is 0 Å². The molecule has 1 fully saturated rings. The maximum atomic E-state index is 2.48. The lowest BCUT2D eigenvalue weighted by molar-refractivity contribution is 0.0624. The first-order chi connectivity index (χ1) is 7.58. The van der Waals surface area contributed by atoms with Crippen LogP contribution in [-0.4, -0.2) is 0 Å². The molecule has 0 amide bonds. The summed E-state index contributed by atoms with van der Waals surface area (Å²) in [6, 6.07) is 0. The van der Waals surface area contributed by atoms with E-state index in [1.165, 1.54) is 38.5 Å². The molecule has 0 aromatic heterocycles. The Kier molecular flexibility index (Phi) is 5.86. The van der Waals surface area contributed by atoms with Crippen LogP contribution in [0.3, 0.4) is 0 Å². The molecule has 1 rings (SSSR count). The van der Waals surface area contributed by atoms with Crippen LogP contribution in [0.15, 0.2) is 0 Å². The molecule has 0 aromatic rings. The van der Waals surface area contributed by atoms with Gasteiger partial charge < -0.3 is 0 Å². The fourth-order valence-corrected chi connectivity index (χ4v) is 3.26. The molecular weight excluding hydrogens is 192 g/mol. The van der Waals surface area contributed by atoms with Crippen molar-refractivity contribution in [2.24, 2.45) is 29.6 Å². The molecule has 0 saturated heterocycles. The van der Waals surface area contributed by atoms with E-state index in [0.717, 1.165) is 29.6 Å². The average Bonchev–Trinajstić information content (AvgIpc) is 2.30. The predicted molar refractivity (Wildman–Crippen MR) is 73.5 cm³/mol. The van der Waals surface area contributed by atoms with Crippen molar-refractivity contribution in [2.75, 3.05) is 0 Å². The Hall–Kier alpha value is 0. The third-order valence-electron chi connectivity index (χ3n) is 5.17. The minimum absolute atomic E-state index is 0.935. The quantitative estimate of drug-likeness (QED) is 0.534. The maximum Gasteiger partial charge on any atom is -0.0381 e. The van der Waals surface area contributed by atoms with E-state index in [1.54, 1.807) is 0 Å². The highest BCUT2D eigenvalue weighted by molar-refractivity contribution is 4.86. The second kappa shape index (κ2) is 6.67. The number of hydrogen-bond donors (Lipinski definition) is 0. The molecule has 0 radical (unpaired) electrons. The summed E-state index contributed by atoms with van der Waals surface area (Å²) >= 11 is 0. The fourth-order valence-electron chi connectivity index (χ4n) is 3.26. The summed E-state index contributed by atoms with van der Waals surface area (Å²) in [5.41, 5.74) is 0. The lowest BCUT2D eigenvalue weighted by Gasteiger charge is -2.44. The van der Waals surface area contributed by atoms with Crippen molar-refractivity contribution in [1.29, 1.82) is 0 Å². The first-order valence-corrected chi connectivity index (χ1v) is 7.58. The van der Waals surface area contributed by atoms with Gasteiger partial charge in [0.15, 0.2) is 0 Å². The summed E-state index contributed by atoms with van der Waals surface area (Å²) in [6.07, 6.45) is 8.66. The van der Waals surface area contributed by atoms with Crippen molar-refractivity contribution in [3.05, 3.63) is 0 Å². The summed E-state index contributed by atoms with van der Waals surface area (Å²) in [5.74, 6) is 5.00. The molecule has 0 heteroatoms. The van der Waals surface area contributed by atoms with Crippen LogP contribution in [0.25, 0.3) is 0 Å². The monoisotopic (exact) mass is 224 g/mol. The molecule has 1 aliphatic carbocycles. The molecule has 96 valence electrons. The van der Waals surface area contributed by atoms with Crippen molar-refractivity contribution < 1.29 is 0 Å². The second-order valence-electron chi connectivity index (χ2n) is 6.45. The standard InChI is InChI=1S/C16H32/c1-6-12(3)8-9-13(4)10-16-11-15(7-2)14(16)5/h12-16H,6-11H2,1-5H3. The maximum absolute atomic E-state index is 2.48. The molecule has 0 nitrogen and oxygen atoms in total. The van der Waals surface area contributed by atoms with Crippen LogP contribution in [0.1, 0.15) is 73.1 Å². The van der Waals surface area contributed by atoms with Gasteiger partial charge in [0.2, 0.25) is 0 Å². The summed E-state index contributed by atoms with van der Waals surface area (Å²) in [7, 11) is 0. The van der Waals surface area contributed by atoms with Gasteiger partial charge in [-0.05, 0) is 42.4 Å². The van der Waals surface area contributed by atoms with E-state index in [9.17, 15) is 0 Å². The highest BCUT2D eigenvalue weighted by Crippen LogP contribution is 2.45. The average molecular weight is 224 g/mol. The lowest BCUT2D eigenvalue weighted by Crippen LogP contribution is -2.35. The van der Waals surface area contributed by atoms with Crippen molar-refractivity contribution >= 4 is 0 Å².